The van der Waals surface area contributed by atoms with Crippen LogP contribution < -0.4 is 5.32 Å². The molecular weight excluding hydrogens is 363 g/mol. The maximum Gasteiger partial charge on any atom is 0.416 e. The number of rotatable bonds is 6. The zero-order valence-corrected chi connectivity index (χ0v) is 14.3. The molecule has 0 saturated heterocycles. The second kappa shape index (κ2) is 8.48. The normalized spacial score (nSPS) is 11.0. The van der Waals surface area contributed by atoms with Crippen molar-refractivity contribution < 1.29 is 32.3 Å². The summed E-state index contributed by atoms with van der Waals surface area (Å²) >= 11 is 0. The minimum absolute atomic E-state index is 0.129. The summed E-state index contributed by atoms with van der Waals surface area (Å²) in [7, 11) is 0. The van der Waals surface area contributed by atoms with Gasteiger partial charge in [0.15, 0.2) is 12.4 Å². The Morgan fingerprint density at radius 3 is 2.41 bits per heavy atom. The van der Waals surface area contributed by atoms with Crippen LogP contribution in [0, 0.1) is 0 Å². The van der Waals surface area contributed by atoms with Crippen molar-refractivity contribution in [3.8, 4) is 0 Å². The molecule has 0 atom stereocenters. The van der Waals surface area contributed by atoms with E-state index in [0.717, 1.165) is 12.1 Å². The van der Waals surface area contributed by atoms with Crippen molar-refractivity contribution in [3.63, 3.8) is 0 Å². The number of ketones is 1. The zero-order valence-electron chi connectivity index (χ0n) is 14.3. The highest BCUT2D eigenvalue weighted by Gasteiger charge is 2.30. The highest BCUT2D eigenvalue weighted by atomic mass is 19.4. The van der Waals surface area contributed by atoms with Gasteiger partial charge in [0.2, 0.25) is 0 Å². The second-order valence-corrected chi connectivity index (χ2v) is 5.72. The first-order valence-electron chi connectivity index (χ1n) is 7.88. The minimum atomic E-state index is -4.51. The molecule has 5 nitrogen and oxygen atoms in total. The fraction of sp³-hybridized carbons (Fsp3) is 0.211. The van der Waals surface area contributed by atoms with Crippen LogP contribution in [0.5, 0.6) is 0 Å². The molecule has 0 unspecified atom stereocenters. The first-order chi connectivity index (χ1) is 12.6. The summed E-state index contributed by atoms with van der Waals surface area (Å²) in [5.41, 5.74) is 0.0382. The number of halogens is 3. The number of carbonyl (C=O) groups excluding carboxylic acids is 3. The van der Waals surface area contributed by atoms with E-state index < -0.39 is 36.6 Å². The lowest BCUT2D eigenvalue weighted by Gasteiger charge is -2.09. The average molecular weight is 379 g/mol. The van der Waals surface area contributed by atoms with Crippen molar-refractivity contribution in [2.45, 2.75) is 19.5 Å². The molecule has 2 aromatic rings. The molecule has 142 valence electrons. The lowest BCUT2D eigenvalue weighted by Crippen LogP contribution is -2.21. The molecule has 0 bridgehead atoms. The van der Waals surface area contributed by atoms with Gasteiger partial charge in [-0.25, -0.2) is 0 Å². The Hall–Kier alpha value is -3.16. The molecule has 0 fully saturated rings. The van der Waals surface area contributed by atoms with Crippen LogP contribution in [0.1, 0.15) is 28.4 Å². The van der Waals surface area contributed by atoms with Gasteiger partial charge in [-0.15, -0.1) is 0 Å². The van der Waals surface area contributed by atoms with Gasteiger partial charge in [-0.3, -0.25) is 14.4 Å². The van der Waals surface area contributed by atoms with Crippen LogP contribution >= 0.6 is 0 Å². The summed E-state index contributed by atoms with van der Waals surface area (Å²) in [6.07, 6.45) is -4.90. The van der Waals surface area contributed by atoms with Crippen LogP contribution in [0.15, 0.2) is 48.5 Å². The number of hydrogen-bond acceptors (Lipinski definition) is 4. The maximum absolute atomic E-state index is 12.7. The number of carbonyl (C=O) groups is 3. The Labute approximate surface area is 153 Å². The van der Waals surface area contributed by atoms with E-state index in [2.05, 4.69) is 5.32 Å². The highest BCUT2D eigenvalue weighted by molar-refractivity contribution is 5.97. The average Bonchev–Trinajstić information content (AvgIpc) is 2.60. The Balaban J connectivity index is 1.87. The standard InChI is InChI=1S/C19H16F3NO4/c1-12(24)14-5-3-7-16(10-14)23-17(25)11-27-18(26)9-13-4-2-6-15(8-13)19(20,21)22/h2-8,10H,9,11H2,1H3,(H,23,25). The number of Topliss-reactive ketones (excluding diaryl/α,β-unsaturated/α-hetero) is 1. The predicted octanol–water partition coefficient (Wildman–Crippen LogP) is 3.63. The van der Waals surface area contributed by atoms with E-state index in [1.165, 1.54) is 25.1 Å². The van der Waals surface area contributed by atoms with Gasteiger partial charge in [-0.1, -0.05) is 30.3 Å². The van der Waals surface area contributed by atoms with E-state index in [9.17, 15) is 27.6 Å². The van der Waals surface area contributed by atoms with Crippen LogP contribution in [0.2, 0.25) is 0 Å². The Bertz CT molecular complexity index is 862. The number of benzene rings is 2. The lowest BCUT2D eigenvalue weighted by atomic mass is 10.1. The third kappa shape index (κ3) is 6.25. The number of hydrogen-bond donors (Lipinski definition) is 1. The van der Waals surface area contributed by atoms with Gasteiger partial charge in [-0.05, 0) is 30.7 Å². The van der Waals surface area contributed by atoms with E-state index in [1.807, 2.05) is 0 Å². The van der Waals surface area contributed by atoms with Gasteiger partial charge in [0.1, 0.15) is 0 Å². The highest BCUT2D eigenvalue weighted by Crippen LogP contribution is 2.29. The lowest BCUT2D eigenvalue weighted by molar-refractivity contribution is -0.146. The Morgan fingerprint density at radius 1 is 1.04 bits per heavy atom. The van der Waals surface area contributed by atoms with E-state index in [0.29, 0.717) is 11.3 Å². The van der Waals surface area contributed by atoms with Crippen molar-refractivity contribution in [1.82, 2.24) is 0 Å². The fourth-order valence-corrected chi connectivity index (χ4v) is 2.23. The van der Waals surface area contributed by atoms with E-state index in [1.54, 1.807) is 18.2 Å². The summed E-state index contributed by atoms with van der Waals surface area (Å²) in [4.78, 5) is 34.9. The fourth-order valence-electron chi connectivity index (χ4n) is 2.23. The molecule has 0 aliphatic carbocycles. The third-order valence-corrected chi connectivity index (χ3v) is 3.52. The smallest absolute Gasteiger partial charge is 0.416 e. The summed E-state index contributed by atoms with van der Waals surface area (Å²) in [6.45, 7) is 0.790. The van der Waals surface area contributed by atoms with E-state index in [-0.39, 0.29) is 11.3 Å². The largest absolute Gasteiger partial charge is 0.455 e. The molecule has 0 spiro atoms. The molecule has 0 aliphatic heterocycles. The molecule has 0 aromatic heterocycles. The number of ether oxygens (including phenoxy) is 1. The molecule has 27 heavy (non-hydrogen) atoms. The Kier molecular flexibility index (Phi) is 6.33. The van der Waals surface area contributed by atoms with Gasteiger partial charge < -0.3 is 10.1 Å². The summed E-state index contributed by atoms with van der Waals surface area (Å²) < 4.78 is 42.7. The van der Waals surface area contributed by atoms with Gasteiger partial charge in [-0.2, -0.15) is 13.2 Å². The SMILES string of the molecule is CC(=O)c1cccc(NC(=O)COC(=O)Cc2cccc(C(F)(F)F)c2)c1. The van der Waals surface area contributed by atoms with Crippen LogP contribution in [-0.2, 0) is 26.9 Å². The molecular formula is C19H16F3NO4. The van der Waals surface area contributed by atoms with Crippen LogP contribution in [0.3, 0.4) is 0 Å². The van der Waals surface area contributed by atoms with Crippen molar-refractivity contribution >= 4 is 23.3 Å². The quantitative estimate of drug-likeness (QED) is 0.615. The number of nitrogens with one attached hydrogen (secondary N) is 1. The minimum Gasteiger partial charge on any atom is -0.455 e. The van der Waals surface area contributed by atoms with Gasteiger partial charge in [0, 0.05) is 11.3 Å². The van der Waals surface area contributed by atoms with Crippen molar-refractivity contribution in [2.24, 2.45) is 0 Å². The number of esters is 1. The molecule has 8 heteroatoms. The molecule has 0 heterocycles. The van der Waals surface area contributed by atoms with Crippen LogP contribution in [0.25, 0.3) is 0 Å². The molecule has 0 saturated carbocycles. The van der Waals surface area contributed by atoms with Crippen LogP contribution in [0.4, 0.5) is 18.9 Å². The van der Waals surface area contributed by atoms with Crippen molar-refractivity contribution in [2.75, 3.05) is 11.9 Å². The number of anilines is 1. The third-order valence-electron chi connectivity index (χ3n) is 3.52. The molecule has 0 aliphatic rings. The van der Waals surface area contributed by atoms with Crippen molar-refractivity contribution in [3.05, 3.63) is 65.2 Å². The summed E-state index contributed by atoms with van der Waals surface area (Å²) in [5.74, 6) is -1.63. The van der Waals surface area contributed by atoms with Gasteiger partial charge in [0.05, 0.1) is 12.0 Å². The molecule has 1 amide bonds. The van der Waals surface area contributed by atoms with E-state index in [4.69, 9.17) is 4.74 Å². The summed E-state index contributed by atoms with van der Waals surface area (Å²) in [6, 6.07) is 10.5. The monoisotopic (exact) mass is 379 g/mol. The number of alkyl halides is 3. The van der Waals surface area contributed by atoms with E-state index >= 15 is 0 Å². The first kappa shape index (κ1) is 20.2. The second-order valence-electron chi connectivity index (χ2n) is 5.72. The molecule has 2 rings (SSSR count). The Morgan fingerprint density at radius 2 is 1.74 bits per heavy atom. The van der Waals surface area contributed by atoms with Crippen LogP contribution in [-0.4, -0.2) is 24.3 Å². The predicted molar refractivity (Wildman–Crippen MR) is 91.2 cm³/mol. The zero-order chi connectivity index (χ0) is 20.0. The van der Waals surface area contributed by atoms with Gasteiger partial charge in [0.25, 0.3) is 5.91 Å². The maximum atomic E-state index is 12.7. The summed E-state index contributed by atoms with van der Waals surface area (Å²) in [5, 5.41) is 2.47. The first-order valence-corrected chi connectivity index (χ1v) is 7.88. The molecule has 1 N–H and O–H groups in total. The van der Waals surface area contributed by atoms with Gasteiger partial charge >= 0.3 is 12.1 Å². The number of amides is 1. The van der Waals surface area contributed by atoms with Crippen molar-refractivity contribution in [1.29, 1.82) is 0 Å². The molecule has 2 aromatic carbocycles. The molecule has 0 radical (unpaired) electrons. The topological polar surface area (TPSA) is 72.5 Å².